The summed E-state index contributed by atoms with van der Waals surface area (Å²) in [6.07, 6.45) is 1.69. The molecule has 2 nitrogen and oxygen atoms in total. The summed E-state index contributed by atoms with van der Waals surface area (Å²) >= 11 is 5.89. The number of likely N-dealkylation sites (N-methyl/N-ethyl adjacent to an activating group) is 1. The third-order valence-corrected chi connectivity index (χ3v) is 3.59. The lowest BCUT2D eigenvalue weighted by atomic mass is 9.93. The molecule has 0 aromatic heterocycles. The molecule has 1 aliphatic rings. The topological polar surface area (TPSA) is 21.3 Å². The third-order valence-electron chi connectivity index (χ3n) is 3.35. The van der Waals surface area contributed by atoms with Crippen LogP contribution in [0.3, 0.4) is 0 Å². The Hall–Kier alpha value is -0.640. The van der Waals surface area contributed by atoms with E-state index in [2.05, 4.69) is 5.32 Å². The number of benzene rings is 1. The standard InChI is InChI=1S/C13H17ClFNO/c1-16-13(9-4-5-17-8-9)7-10-6-11(14)2-3-12(10)15/h2-3,6,9,13,16H,4-5,7-8H2,1H3. The predicted molar refractivity (Wildman–Crippen MR) is 66.9 cm³/mol. The van der Waals surface area contributed by atoms with Crippen LogP contribution >= 0.6 is 11.6 Å². The molecule has 2 unspecified atom stereocenters. The summed E-state index contributed by atoms with van der Waals surface area (Å²) in [7, 11) is 1.91. The first-order valence-electron chi connectivity index (χ1n) is 5.89. The van der Waals surface area contributed by atoms with Gasteiger partial charge in [0.2, 0.25) is 0 Å². The van der Waals surface area contributed by atoms with Crippen LogP contribution in [0.1, 0.15) is 12.0 Å². The number of hydrogen-bond donors (Lipinski definition) is 1. The molecule has 0 saturated carbocycles. The normalized spacial score (nSPS) is 21.7. The molecule has 0 aliphatic carbocycles. The largest absolute Gasteiger partial charge is 0.381 e. The van der Waals surface area contributed by atoms with Gasteiger partial charge >= 0.3 is 0 Å². The molecule has 1 aromatic carbocycles. The van der Waals surface area contributed by atoms with E-state index < -0.39 is 0 Å². The molecule has 2 atom stereocenters. The summed E-state index contributed by atoms with van der Waals surface area (Å²) in [6.45, 7) is 1.56. The summed E-state index contributed by atoms with van der Waals surface area (Å²) in [5.74, 6) is 0.270. The van der Waals surface area contributed by atoms with Crippen molar-refractivity contribution in [2.24, 2.45) is 5.92 Å². The minimum absolute atomic E-state index is 0.187. The van der Waals surface area contributed by atoms with Gasteiger partial charge < -0.3 is 10.1 Å². The Bertz CT molecular complexity index is 380. The Morgan fingerprint density at radius 1 is 1.59 bits per heavy atom. The first kappa shape index (κ1) is 12.8. The van der Waals surface area contributed by atoms with E-state index in [0.29, 0.717) is 22.9 Å². The molecular weight excluding hydrogens is 241 g/mol. The molecular formula is C13H17ClFNO. The van der Waals surface area contributed by atoms with Crippen LogP contribution in [0.4, 0.5) is 4.39 Å². The van der Waals surface area contributed by atoms with Crippen molar-refractivity contribution in [3.8, 4) is 0 Å². The van der Waals surface area contributed by atoms with E-state index in [1.165, 1.54) is 6.07 Å². The Morgan fingerprint density at radius 3 is 3.06 bits per heavy atom. The Morgan fingerprint density at radius 2 is 2.41 bits per heavy atom. The molecule has 1 N–H and O–H groups in total. The Balaban J connectivity index is 2.09. The smallest absolute Gasteiger partial charge is 0.126 e. The molecule has 0 bridgehead atoms. The maximum atomic E-state index is 13.6. The van der Waals surface area contributed by atoms with E-state index in [4.69, 9.17) is 16.3 Å². The molecule has 1 aliphatic heterocycles. The molecule has 1 fully saturated rings. The zero-order chi connectivity index (χ0) is 12.3. The number of rotatable bonds is 4. The van der Waals surface area contributed by atoms with E-state index in [1.54, 1.807) is 12.1 Å². The first-order chi connectivity index (χ1) is 8.20. The van der Waals surface area contributed by atoms with Crippen molar-refractivity contribution in [1.29, 1.82) is 0 Å². The fourth-order valence-corrected chi connectivity index (χ4v) is 2.51. The Kier molecular flexibility index (Phi) is 4.37. The second-order valence-electron chi connectivity index (χ2n) is 4.46. The average Bonchev–Trinajstić information content (AvgIpc) is 2.84. The van der Waals surface area contributed by atoms with Crippen molar-refractivity contribution in [3.05, 3.63) is 34.6 Å². The summed E-state index contributed by atoms with van der Waals surface area (Å²) in [5, 5.41) is 3.83. The molecule has 0 spiro atoms. The monoisotopic (exact) mass is 257 g/mol. The van der Waals surface area contributed by atoms with E-state index in [-0.39, 0.29) is 11.9 Å². The van der Waals surface area contributed by atoms with E-state index >= 15 is 0 Å². The summed E-state index contributed by atoms with van der Waals surface area (Å²) in [5.41, 5.74) is 0.670. The maximum absolute atomic E-state index is 13.6. The van der Waals surface area contributed by atoms with Gasteiger partial charge in [-0.25, -0.2) is 4.39 Å². The van der Waals surface area contributed by atoms with Crippen LogP contribution < -0.4 is 5.32 Å². The van der Waals surface area contributed by atoms with E-state index in [1.807, 2.05) is 7.05 Å². The molecule has 1 aromatic rings. The quantitative estimate of drug-likeness (QED) is 0.895. The van der Waals surface area contributed by atoms with Crippen LogP contribution in [-0.2, 0) is 11.2 Å². The van der Waals surface area contributed by atoms with Gasteiger partial charge in [-0.1, -0.05) is 11.6 Å². The molecule has 17 heavy (non-hydrogen) atoms. The SMILES string of the molecule is CNC(Cc1cc(Cl)ccc1F)C1CCOC1. The highest BCUT2D eigenvalue weighted by Gasteiger charge is 2.25. The van der Waals surface area contributed by atoms with Gasteiger partial charge in [0.05, 0.1) is 6.61 Å². The maximum Gasteiger partial charge on any atom is 0.126 e. The third kappa shape index (κ3) is 3.18. The number of ether oxygens (including phenoxy) is 1. The van der Waals surface area contributed by atoms with Gasteiger partial charge in [0.15, 0.2) is 0 Å². The van der Waals surface area contributed by atoms with Gasteiger partial charge in [-0.3, -0.25) is 0 Å². The van der Waals surface area contributed by atoms with Gasteiger partial charge in [0.1, 0.15) is 5.82 Å². The number of halogens is 2. The Labute approximate surface area is 106 Å². The fraction of sp³-hybridized carbons (Fsp3) is 0.538. The van der Waals surface area contributed by atoms with Gasteiger partial charge in [0.25, 0.3) is 0 Å². The summed E-state index contributed by atoms with van der Waals surface area (Å²) in [6, 6.07) is 4.95. The lowest BCUT2D eigenvalue weighted by Gasteiger charge is -2.22. The molecule has 1 heterocycles. The number of nitrogens with one attached hydrogen (secondary N) is 1. The summed E-state index contributed by atoms with van der Waals surface area (Å²) < 4.78 is 19.0. The van der Waals surface area contributed by atoms with Crippen LogP contribution in [0.5, 0.6) is 0 Å². The van der Waals surface area contributed by atoms with Crippen LogP contribution in [-0.4, -0.2) is 26.3 Å². The van der Waals surface area contributed by atoms with Crippen LogP contribution in [0.15, 0.2) is 18.2 Å². The second kappa shape index (κ2) is 5.80. The average molecular weight is 258 g/mol. The van der Waals surface area contributed by atoms with Crippen LogP contribution in [0, 0.1) is 11.7 Å². The fourth-order valence-electron chi connectivity index (χ4n) is 2.31. The highest BCUT2D eigenvalue weighted by molar-refractivity contribution is 6.30. The van der Waals surface area contributed by atoms with Crippen LogP contribution in [0.2, 0.25) is 5.02 Å². The second-order valence-corrected chi connectivity index (χ2v) is 4.90. The molecule has 94 valence electrons. The molecule has 2 rings (SSSR count). The number of hydrogen-bond acceptors (Lipinski definition) is 2. The molecule has 0 amide bonds. The minimum Gasteiger partial charge on any atom is -0.381 e. The van der Waals surface area contributed by atoms with Gasteiger partial charge in [0, 0.05) is 23.6 Å². The lowest BCUT2D eigenvalue weighted by molar-refractivity contribution is 0.177. The molecule has 4 heteroatoms. The van der Waals surface area contributed by atoms with Gasteiger partial charge in [-0.05, 0) is 43.7 Å². The minimum atomic E-state index is -0.187. The van der Waals surface area contributed by atoms with E-state index in [0.717, 1.165) is 19.6 Å². The molecule has 1 saturated heterocycles. The van der Waals surface area contributed by atoms with Gasteiger partial charge in [-0.2, -0.15) is 0 Å². The van der Waals surface area contributed by atoms with Gasteiger partial charge in [-0.15, -0.1) is 0 Å². The van der Waals surface area contributed by atoms with Crippen LogP contribution in [0.25, 0.3) is 0 Å². The molecule has 0 radical (unpaired) electrons. The van der Waals surface area contributed by atoms with E-state index in [9.17, 15) is 4.39 Å². The zero-order valence-electron chi connectivity index (χ0n) is 9.88. The lowest BCUT2D eigenvalue weighted by Crippen LogP contribution is -2.36. The highest BCUT2D eigenvalue weighted by atomic mass is 35.5. The van der Waals surface area contributed by atoms with Crippen molar-refractivity contribution < 1.29 is 9.13 Å². The first-order valence-corrected chi connectivity index (χ1v) is 6.27. The van der Waals surface area contributed by atoms with Crippen molar-refractivity contribution in [1.82, 2.24) is 5.32 Å². The van der Waals surface area contributed by atoms with Crippen molar-refractivity contribution in [2.75, 3.05) is 20.3 Å². The van der Waals surface area contributed by atoms with Crippen molar-refractivity contribution in [2.45, 2.75) is 18.9 Å². The van der Waals surface area contributed by atoms with Crippen molar-refractivity contribution >= 4 is 11.6 Å². The summed E-state index contributed by atoms with van der Waals surface area (Å²) in [4.78, 5) is 0. The zero-order valence-corrected chi connectivity index (χ0v) is 10.6. The highest BCUT2D eigenvalue weighted by Crippen LogP contribution is 2.22. The van der Waals surface area contributed by atoms with Crippen molar-refractivity contribution in [3.63, 3.8) is 0 Å². The predicted octanol–water partition coefficient (Wildman–Crippen LogP) is 2.65.